The van der Waals surface area contributed by atoms with E-state index < -0.39 is 45.9 Å². The number of hydrogen-bond acceptors (Lipinski definition) is 7. The van der Waals surface area contributed by atoms with Crippen LogP contribution in [0.4, 0.5) is 25.4 Å². The number of benzene rings is 3. The fourth-order valence-corrected chi connectivity index (χ4v) is 5.33. The summed E-state index contributed by atoms with van der Waals surface area (Å²) in [5.74, 6) is -1.53. The summed E-state index contributed by atoms with van der Waals surface area (Å²) in [4.78, 5) is 39.2. The van der Waals surface area contributed by atoms with E-state index in [0.717, 1.165) is 19.4 Å². The standard InChI is InChI=1S/C27H25ClFN3O7S/c1-38-27(35)39-19-14-23(32(15-19)26(34)30-18-10-8-17(28)9-11-18)25(33)31-22-12-7-16(13-21(22)29)20-5-3-4-6-24(20)40(2,36)37/h3-13,19,23H,14-15H2,1-2H3,(H,30,34)(H,31,33). The van der Waals surface area contributed by atoms with Crippen molar-refractivity contribution in [2.75, 3.05) is 30.5 Å². The van der Waals surface area contributed by atoms with Gasteiger partial charge in [0.1, 0.15) is 18.0 Å². The van der Waals surface area contributed by atoms with E-state index in [9.17, 15) is 22.8 Å². The summed E-state index contributed by atoms with van der Waals surface area (Å²) in [5, 5.41) is 5.60. The van der Waals surface area contributed by atoms with E-state index in [1.807, 2.05) is 0 Å². The number of nitrogens with zero attached hydrogens (tertiary/aromatic N) is 1. The number of hydrogen-bond donors (Lipinski definition) is 2. The maximum absolute atomic E-state index is 15.1. The van der Waals surface area contributed by atoms with Crippen molar-refractivity contribution in [1.82, 2.24) is 4.90 Å². The summed E-state index contributed by atoms with van der Waals surface area (Å²) in [7, 11) is -2.44. The highest BCUT2D eigenvalue weighted by Gasteiger charge is 2.42. The van der Waals surface area contributed by atoms with Crippen LogP contribution >= 0.6 is 11.6 Å². The van der Waals surface area contributed by atoms with Crippen molar-refractivity contribution in [3.8, 4) is 11.1 Å². The fourth-order valence-electron chi connectivity index (χ4n) is 4.30. The van der Waals surface area contributed by atoms with Gasteiger partial charge in [0.2, 0.25) is 5.91 Å². The molecule has 0 spiro atoms. The molecule has 0 saturated carbocycles. The molecule has 210 valence electrons. The molecule has 1 heterocycles. The second-order valence-corrected chi connectivity index (χ2v) is 11.4. The molecule has 0 bridgehead atoms. The van der Waals surface area contributed by atoms with E-state index in [1.54, 1.807) is 42.5 Å². The SMILES string of the molecule is COC(=O)OC1CC(C(=O)Nc2ccc(-c3ccccc3S(C)(=O)=O)cc2F)N(C(=O)Nc2ccc(Cl)cc2)C1. The molecule has 3 aromatic rings. The number of sulfone groups is 1. The Morgan fingerprint density at radius 3 is 2.38 bits per heavy atom. The van der Waals surface area contributed by atoms with E-state index in [0.29, 0.717) is 21.8 Å². The molecule has 3 amide bonds. The number of ether oxygens (including phenoxy) is 2. The summed E-state index contributed by atoms with van der Waals surface area (Å²) in [6, 6.07) is 14.6. The van der Waals surface area contributed by atoms with Crippen molar-refractivity contribution in [1.29, 1.82) is 0 Å². The minimum absolute atomic E-state index is 0.0381. The average molecular weight is 590 g/mol. The molecule has 0 aliphatic carbocycles. The van der Waals surface area contributed by atoms with Gasteiger partial charge in [-0.3, -0.25) is 4.79 Å². The van der Waals surface area contributed by atoms with Gasteiger partial charge in [-0.05, 0) is 48.0 Å². The predicted octanol–water partition coefficient (Wildman–Crippen LogP) is 4.95. The number of anilines is 2. The first kappa shape index (κ1) is 28.8. The molecule has 4 rings (SSSR count). The van der Waals surface area contributed by atoms with E-state index in [2.05, 4.69) is 15.4 Å². The topological polar surface area (TPSA) is 131 Å². The molecule has 10 nitrogen and oxygen atoms in total. The maximum Gasteiger partial charge on any atom is 0.508 e. The number of urea groups is 1. The molecule has 1 aliphatic rings. The van der Waals surface area contributed by atoms with Crippen LogP contribution in [0, 0.1) is 5.82 Å². The Labute approximate surface area is 234 Å². The average Bonchev–Trinajstić information content (AvgIpc) is 3.34. The van der Waals surface area contributed by atoms with Crippen molar-refractivity contribution in [3.63, 3.8) is 0 Å². The monoisotopic (exact) mass is 589 g/mol. The van der Waals surface area contributed by atoms with E-state index >= 15 is 4.39 Å². The first-order valence-electron chi connectivity index (χ1n) is 11.9. The lowest BCUT2D eigenvalue weighted by molar-refractivity contribution is -0.119. The van der Waals surface area contributed by atoms with E-state index in [1.165, 1.54) is 23.1 Å². The molecule has 13 heteroatoms. The van der Waals surface area contributed by atoms with Crippen molar-refractivity contribution in [3.05, 3.63) is 77.6 Å². The normalized spacial score (nSPS) is 16.8. The number of carbonyl (C=O) groups is 3. The summed E-state index contributed by atoms with van der Waals surface area (Å²) in [5.41, 5.74) is 0.848. The van der Waals surface area contributed by atoms with Gasteiger partial charge in [0.05, 0.1) is 24.2 Å². The summed E-state index contributed by atoms with van der Waals surface area (Å²) in [6.07, 6.45) is -0.820. The maximum atomic E-state index is 15.1. The Balaban J connectivity index is 1.55. The minimum atomic E-state index is -3.58. The van der Waals surface area contributed by atoms with Crippen LogP contribution in [-0.4, -0.2) is 63.5 Å². The molecule has 1 saturated heterocycles. The quantitative estimate of drug-likeness (QED) is 0.389. The molecule has 1 fully saturated rings. The smallest absolute Gasteiger partial charge is 0.438 e. The van der Waals surface area contributed by atoms with Crippen LogP contribution in [0.5, 0.6) is 0 Å². The summed E-state index contributed by atoms with van der Waals surface area (Å²) >= 11 is 5.89. The fraction of sp³-hybridized carbons (Fsp3) is 0.222. The van der Waals surface area contributed by atoms with Crippen molar-refractivity contribution < 1.29 is 36.7 Å². The molecule has 2 N–H and O–H groups in total. The van der Waals surface area contributed by atoms with Gasteiger partial charge < -0.3 is 25.0 Å². The Kier molecular flexibility index (Phi) is 8.60. The lowest BCUT2D eigenvalue weighted by atomic mass is 10.0. The predicted molar refractivity (Wildman–Crippen MR) is 146 cm³/mol. The van der Waals surface area contributed by atoms with Crippen LogP contribution in [0.25, 0.3) is 11.1 Å². The van der Waals surface area contributed by atoms with Crippen LogP contribution in [0.2, 0.25) is 5.02 Å². The number of carbonyl (C=O) groups excluding carboxylic acids is 3. The van der Waals surface area contributed by atoms with Crippen LogP contribution in [0.15, 0.2) is 71.6 Å². The zero-order valence-electron chi connectivity index (χ0n) is 21.4. The molecule has 0 aromatic heterocycles. The Hall–Kier alpha value is -4.16. The molecule has 2 atom stereocenters. The number of halogens is 2. The number of likely N-dealkylation sites (tertiary alicyclic amines) is 1. The molecule has 1 aliphatic heterocycles. The first-order chi connectivity index (χ1) is 19.0. The van der Waals surface area contributed by atoms with Crippen molar-refractivity contribution in [2.24, 2.45) is 0 Å². The molecule has 0 radical (unpaired) electrons. The lowest BCUT2D eigenvalue weighted by Crippen LogP contribution is -2.45. The largest absolute Gasteiger partial charge is 0.508 e. The van der Waals surface area contributed by atoms with Crippen LogP contribution < -0.4 is 10.6 Å². The Morgan fingerprint density at radius 1 is 1.02 bits per heavy atom. The number of nitrogens with one attached hydrogen (secondary N) is 2. The Morgan fingerprint density at radius 2 is 1.73 bits per heavy atom. The van der Waals surface area contributed by atoms with Gasteiger partial charge in [0.15, 0.2) is 9.84 Å². The molecular formula is C27H25ClFN3O7S. The third-order valence-corrected chi connectivity index (χ3v) is 7.58. The molecular weight excluding hydrogens is 565 g/mol. The van der Waals surface area contributed by atoms with Gasteiger partial charge in [-0.25, -0.2) is 22.4 Å². The highest BCUT2D eigenvalue weighted by atomic mass is 35.5. The van der Waals surface area contributed by atoms with Gasteiger partial charge in [-0.1, -0.05) is 35.9 Å². The molecule has 3 aromatic carbocycles. The van der Waals surface area contributed by atoms with Gasteiger partial charge in [0.25, 0.3) is 0 Å². The summed E-state index contributed by atoms with van der Waals surface area (Å²) in [6.45, 7) is -0.115. The van der Waals surface area contributed by atoms with E-state index in [4.69, 9.17) is 16.3 Å². The third kappa shape index (κ3) is 6.69. The summed E-state index contributed by atoms with van der Waals surface area (Å²) < 4.78 is 49.1. The molecule has 40 heavy (non-hydrogen) atoms. The Bertz CT molecular complexity index is 1550. The minimum Gasteiger partial charge on any atom is -0.438 e. The number of methoxy groups -OCH3 is 1. The highest BCUT2D eigenvalue weighted by Crippen LogP contribution is 2.31. The van der Waals surface area contributed by atoms with Crippen LogP contribution in [-0.2, 0) is 24.1 Å². The highest BCUT2D eigenvalue weighted by molar-refractivity contribution is 7.90. The van der Waals surface area contributed by atoms with Gasteiger partial charge in [0, 0.05) is 29.0 Å². The zero-order chi connectivity index (χ0) is 29.0. The van der Waals surface area contributed by atoms with Crippen LogP contribution in [0.3, 0.4) is 0 Å². The van der Waals surface area contributed by atoms with Crippen LogP contribution in [0.1, 0.15) is 6.42 Å². The second kappa shape index (κ2) is 11.9. The zero-order valence-corrected chi connectivity index (χ0v) is 23.0. The first-order valence-corrected chi connectivity index (χ1v) is 14.2. The second-order valence-electron chi connectivity index (χ2n) is 8.99. The number of amides is 3. The molecule has 2 unspecified atom stereocenters. The third-order valence-electron chi connectivity index (χ3n) is 6.18. The van der Waals surface area contributed by atoms with Crippen molar-refractivity contribution in [2.45, 2.75) is 23.5 Å². The van der Waals surface area contributed by atoms with Gasteiger partial charge in [-0.2, -0.15) is 0 Å². The van der Waals surface area contributed by atoms with E-state index in [-0.39, 0.29) is 23.5 Å². The number of rotatable bonds is 6. The van der Waals surface area contributed by atoms with Gasteiger partial charge in [-0.15, -0.1) is 0 Å². The van der Waals surface area contributed by atoms with Crippen molar-refractivity contribution >= 4 is 50.9 Å². The van der Waals surface area contributed by atoms with Gasteiger partial charge >= 0.3 is 12.2 Å². The lowest BCUT2D eigenvalue weighted by Gasteiger charge is -2.24.